The number of halogens is 1. The maximum absolute atomic E-state index is 13.8. The number of hydrogen-bond acceptors (Lipinski definition) is 4. The van der Waals surface area contributed by atoms with Crippen LogP contribution >= 0.6 is 0 Å². The van der Waals surface area contributed by atoms with Crippen molar-refractivity contribution in [2.45, 2.75) is 24.3 Å². The maximum atomic E-state index is 13.8. The minimum absolute atomic E-state index is 0.226. The van der Waals surface area contributed by atoms with Crippen LogP contribution in [0, 0.1) is 17.7 Å². The molecule has 0 aliphatic carbocycles. The molecule has 0 saturated carbocycles. The van der Waals surface area contributed by atoms with Gasteiger partial charge < -0.3 is 0 Å². The minimum Gasteiger partial charge on any atom is -0.257 e. The summed E-state index contributed by atoms with van der Waals surface area (Å²) < 4.78 is 40.3. The molecule has 21 heavy (non-hydrogen) atoms. The van der Waals surface area contributed by atoms with Gasteiger partial charge in [0.05, 0.1) is 0 Å². The second-order valence-electron chi connectivity index (χ2n) is 5.87. The van der Waals surface area contributed by atoms with E-state index in [1.54, 1.807) is 6.07 Å². The molecule has 0 radical (unpaired) electrons. The number of rotatable bonds is 3. The predicted octanol–water partition coefficient (Wildman–Crippen LogP) is 0.949. The summed E-state index contributed by atoms with van der Waals surface area (Å²) in [6, 6.07) is 5.83. The first-order chi connectivity index (χ1) is 10.00. The number of sulfonamides is 1. The van der Waals surface area contributed by atoms with Gasteiger partial charge in [0.25, 0.3) is 0 Å². The molecule has 2 N–H and O–H groups in total. The SMILES string of the molecule is CC1CNNC1C1CCN(S(=O)(=O)c2ccccc2F)C1. The van der Waals surface area contributed by atoms with Crippen LogP contribution in [0.5, 0.6) is 0 Å². The van der Waals surface area contributed by atoms with Crippen LogP contribution in [-0.4, -0.2) is 38.4 Å². The molecular formula is C14H20FN3O2S. The largest absolute Gasteiger partial charge is 0.257 e. The molecular weight excluding hydrogens is 293 g/mol. The normalized spacial score (nSPS) is 30.9. The van der Waals surface area contributed by atoms with Crippen molar-refractivity contribution < 1.29 is 12.8 Å². The van der Waals surface area contributed by atoms with E-state index in [2.05, 4.69) is 17.8 Å². The fourth-order valence-corrected chi connectivity index (χ4v) is 4.82. The summed E-state index contributed by atoms with van der Waals surface area (Å²) in [5, 5.41) is 0. The summed E-state index contributed by atoms with van der Waals surface area (Å²) in [7, 11) is -3.74. The highest BCUT2D eigenvalue weighted by Gasteiger charge is 2.40. The van der Waals surface area contributed by atoms with Crippen molar-refractivity contribution in [2.24, 2.45) is 11.8 Å². The number of hydrogen-bond donors (Lipinski definition) is 2. The first-order valence-electron chi connectivity index (χ1n) is 7.23. The Balaban J connectivity index is 1.78. The van der Waals surface area contributed by atoms with Crippen molar-refractivity contribution in [3.63, 3.8) is 0 Å². The van der Waals surface area contributed by atoms with E-state index in [-0.39, 0.29) is 16.9 Å². The van der Waals surface area contributed by atoms with Crippen LogP contribution < -0.4 is 10.9 Å². The van der Waals surface area contributed by atoms with Gasteiger partial charge in [-0.05, 0) is 30.4 Å². The van der Waals surface area contributed by atoms with E-state index in [1.165, 1.54) is 22.5 Å². The average molecular weight is 313 g/mol. The van der Waals surface area contributed by atoms with E-state index in [0.717, 1.165) is 13.0 Å². The Bertz CT molecular complexity index is 622. The molecule has 116 valence electrons. The van der Waals surface area contributed by atoms with Gasteiger partial charge in [-0.15, -0.1) is 0 Å². The van der Waals surface area contributed by atoms with Crippen molar-refractivity contribution in [3.8, 4) is 0 Å². The lowest BCUT2D eigenvalue weighted by Crippen LogP contribution is -2.39. The molecule has 7 heteroatoms. The molecule has 0 bridgehead atoms. The van der Waals surface area contributed by atoms with Crippen LogP contribution in [0.25, 0.3) is 0 Å². The van der Waals surface area contributed by atoms with Gasteiger partial charge in [-0.2, -0.15) is 4.31 Å². The molecule has 2 saturated heterocycles. The van der Waals surface area contributed by atoms with Crippen LogP contribution in [0.1, 0.15) is 13.3 Å². The third-order valence-electron chi connectivity index (χ3n) is 4.46. The number of benzene rings is 1. The highest BCUT2D eigenvalue weighted by atomic mass is 32.2. The maximum Gasteiger partial charge on any atom is 0.245 e. The monoisotopic (exact) mass is 313 g/mol. The minimum atomic E-state index is -3.74. The lowest BCUT2D eigenvalue weighted by atomic mass is 9.90. The van der Waals surface area contributed by atoms with Crippen LogP contribution in [0.15, 0.2) is 29.2 Å². The Morgan fingerprint density at radius 2 is 2.10 bits per heavy atom. The Morgan fingerprint density at radius 1 is 1.33 bits per heavy atom. The molecule has 2 aliphatic rings. The van der Waals surface area contributed by atoms with E-state index in [4.69, 9.17) is 0 Å². The molecule has 3 unspecified atom stereocenters. The van der Waals surface area contributed by atoms with Gasteiger partial charge in [-0.1, -0.05) is 19.1 Å². The van der Waals surface area contributed by atoms with Crippen molar-refractivity contribution in [2.75, 3.05) is 19.6 Å². The number of nitrogens with zero attached hydrogens (tertiary/aromatic N) is 1. The lowest BCUT2D eigenvalue weighted by Gasteiger charge is -2.22. The van der Waals surface area contributed by atoms with Gasteiger partial charge in [0.2, 0.25) is 10.0 Å². The Hall–Kier alpha value is -1.02. The van der Waals surface area contributed by atoms with E-state index in [1.807, 2.05) is 0 Å². The molecule has 1 aromatic rings. The summed E-state index contributed by atoms with van der Waals surface area (Å²) in [5.41, 5.74) is 6.34. The molecule has 2 aliphatic heterocycles. The Morgan fingerprint density at radius 3 is 2.76 bits per heavy atom. The van der Waals surface area contributed by atoms with Crippen molar-refractivity contribution in [1.29, 1.82) is 0 Å². The standard InChI is InChI=1S/C14H20FN3O2S/c1-10-8-16-17-14(10)11-6-7-18(9-11)21(19,20)13-5-3-2-4-12(13)15/h2-5,10-11,14,16-17H,6-9H2,1H3. The first-order valence-corrected chi connectivity index (χ1v) is 8.67. The van der Waals surface area contributed by atoms with E-state index < -0.39 is 15.8 Å². The zero-order valence-electron chi connectivity index (χ0n) is 11.9. The summed E-state index contributed by atoms with van der Waals surface area (Å²) in [6.07, 6.45) is 0.803. The van der Waals surface area contributed by atoms with Gasteiger partial charge in [0.1, 0.15) is 10.7 Å². The zero-order valence-corrected chi connectivity index (χ0v) is 12.7. The molecule has 1 aromatic carbocycles. The highest BCUT2D eigenvalue weighted by molar-refractivity contribution is 7.89. The van der Waals surface area contributed by atoms with E-state index >= 15 is 0 Å². The molecule has 2 heterocycles. The lowest BCUT2D eigenvalue weighted by molar-refractivity contribution is 0.336. The number of nitrogens with one attached hydrogen (secondary N) is 2. The topological polar surface area (TPSA) is 61.4 Å². The average Bonchev–Trinajstić information content (AvgIpc) is 3.07. The molecule has 0 amide bonds. The fraction of sp³-hybridized carbons (Fsp3) is 0.571. The number of hydrazine groups is 1. The van der Waals surface area contributed by atoms with Gasteiger partial charge in [-0.3, -0.25) is 10.9 Å². The second-order valence-corrected chi connectivity index (χ2v) is 7.78. The van der Waals surface area contributed by atoms with E-state index in [0.29, 0.717) is 19.0 Å². The molecule has 3 rings (SSSR count). The van der Waals surface area contributed by atoms with Gasteiger partial charge in [0.15, 0.2) is 0 Å². The predicted molar refractivity (Wildman–Crippen MR) is 77.4 cm³/mol. The van der Waals surface area contributed by atoms with E-state index in [9.17, 15) is 12.8 Å². The van der Waals surface area contributed by atoms with Crippen molar-refractivity contribution in [3.05, 3.63) is 30.1 Å². The van der Waals surface area contributed by atoms with Crippen LogP contribution in [0.4, 0.5) is 4.39 Å². The second kappa shape index (κ2) is 5.64. The summed E-state index contributed by atoms with van der Waals surface area (Å²) >= 11 is 0. The smallest absolute Gasteiger partial charge is 0.245 e. The fourth-order valence-electron chi connectivity index (χ4n) is 3.25. The highest BCUT2D eigenvalue weighted by Crippen LogP contribution is 2.30. The van der Waals surface area contributed by atoms with Crippen molar-refractivity contribution >= 4 is 10.0 Å². The van der Waals surface area contributed by atoms with Gasteiger partial charge >= 0.3 is 0 Å². The third kappa shape index (κ3) is 2.70. The molecule has 5 nitrogen and oxygen atoms in total. The Labute approximate surface area is 124 Å². The van der Waals surface area contributed by atoms with Crippen LogP contribution in [0.2, 0.25) is 0 Å². The molecule has 0 spiro atoms. The Kier molecular flexibility index (Phi) is 4.00. The van der Waals surface area contributed by atoms with Gasteiger partial charge in [-0.25, -0.2) is 12.8 Å². The van der Waals surface area contributed by atoms with Gasteiger partial charge in [0, 0.05) is 25.7 Å². The quantitative estimate of drug-likeness (QED) is 0.872. The first kappa shape index (κ1) is 14.9. The summed E-state index contributed by atoms with van der Waals surface area (Å²) in [6.45, 7) is 3.93. The molecule has 2 fully saturated rings. The zero-order chi connectivity index (χ0) is 15.0. The van der Waals surface area contributed by atoms with Crippen LogP contribution in [0.3, 0.4) is 0 Å². The summed E-state index contributed by atoms with van der Waals surface area (Å²) in [4.78, 5) is -0.226. The third-order valence-corrected chi connectivity index (χ3v) is 6.35. The summed E-state index contributed by atoms with van der Waals surface area (Å²) in [5.74, 6) is 0.0395. The molecule has 3 atom stereocenters. The van der Waals surface area contributed by atoms with Crippen molar-refractivity contribution in [1.82, 2.24) is 15.2 Å². The van der Waals surface area contributed by atoms with Crippen LogP contribution in [-0.2, 0) is 10.0 Å². The molecule has 0 aromatic heterocycles.